The number of benzene rings is 4. The van der Waals surface area contributed by atoms with Crippen LogP contribution in [0, 0.1) is 0 Å². The molecule has 5 N–H and O–H groups in total. The Kier molecular flexibility index (Phi) is 9.43. The van der Waals surface area contributed by atoms with Gasteiger partial charge in [0, 0.05) is 44.5 Å². The third kappa shape index (κ3) is 7.54. The van der Waals surface area contributed by atoms with Crippen LogP contribution < -0.4 is 16.0 Å². The number of hydrogen-bond acceptors (Lipinski definition) is 5. The number of hydrogen-bond donors (Lipinski definition) is 5. The van der Waals surface area contributed by atoms with Crippen LogP contribution in [-0.2, 0) is 9.59 Å². The maximum Gasteiger partial charge on any atom is 0.337 e. The van der Waals surface area contributed by atoms with E-state index in [1.807, 2.05) is 24.3 Å². The lowest BCUT2D eigenvalue weighted by molar-refractivity contribution is -0.114. The number of rotatable bonds is 10. The van der Waals surface area contributed by atoms with Gasteiger partial charge in [0.1, 0.15) is 5.70 Å². The van der Waals surface area contributed by atoms with Gasteiger partial charge in [0.25, 0.3) is 11.8 Å². The van der Waals surface area contributed by atoms with E-state index in [-0.39, 0.29) is 27.9 Å². The van der Waals surface area contributed by atoms with E-state index in [0.717, 1.165) is 16.5 Å². The van der Waals surface area contributed by atoms with Crippen LogP contribution in [0.5, 0.6) is 0 Å². The summed E-state index contributed by atoms with van der Waals surface area (Å²) in [4.78, 5) is 54.2. The molecule has 0 aliphatic heterocycles. The van der Waals surface area contributed by atoms with E-state index in [1.54, 1.807) is 66.9 Å². The van der Waals surface area contributed by atoms with Crippen molar-refractivity contribution in [1.82, 2.24) is 10.3 Å². The molecule has 0 spiro atoms. The van der Waals surface area contributed by atoms with E-state index < -0.39 is 17.8 Å². The van der Waals surface area contributed by atoms with Crippen LogP contribution in [0.3, 0.4) is 0 Å². The Morgan fingerprint density at radius 2 is 1.59 bits per heavy atom. The summed E-state index contributed by atoms with van der Waals surface area (Å²) in [5.41, 5.74) is 2.72. The number of thioether (sulfide) groups is 1. The number of H-pyrrole nitrogens is 1. The average molecular weight is 625 g/mol. The molecule has 1 aromatic heterocycles. The van der Waals surface area contributed by atoms with E-state index in [1.165, 1.54) is 30.0 Å². The van der Waals surface area contributed by atoms with Crippen molar-refractivity contribution in [2.45, 2.75) is 4.90 Å². The molecule has 5 aromatic rings. The molecule has 0 aliphatic rings. The summed E-state index contributed by atoms with van der Waals surface area (Å²) >= 11 is 7.13. The van der Waals surface area contributed by atoms with Crippen LogP contribution in [0.25, 0.3) is 17.0 Å². The molecule has 0 radical (unpaired) electrons. The van der Waals surface area contributed by atoms with Crippen molar-refractivity contribution in [2.24, 2.45) is 0 Å². The first-order valence-electron chi connectivity index (χ1n) is 13.3. The Morgan fingerprint density at radius 3 is 2.39 bits per heavy atom. The van der Waals surface area contributed by atoms with Gasteiger partial charge in [0.05, 0.1) is 16.3 Å². The number of amides is 3. The minimum absolute atomic E-state index is 0.0290. The van der Waals surface area contributed by atoms with Crippen LogP contribution in [0.1, 0.15) is 26.3 Å². The van der Waals surface area contributed by atoms with Crippen molar-refractivity contribution in [3.8, 4) is 0 Å². The van der Waals surface area contributed by atoms with Gasteiger partial charge in [-0.2, -0.15) is 0 Å². The third-order valence-corrected chi connectivity index (χ3v) is 7.72. The van der Waals surface area contributed by atoms with Gasteiger partial charge >= 0.3 is 5.97 Å². The number of nitrogens with one attached hydrogen (secondary N) is 4. The Balaban J connectivity index is 1.29. The molecule has 0 aliphatic carbocycles. The van der Waals surface area contributed by atoms with Crippen molar-refractivity contribution in [1.29, 1.82) is 0 Å². The van der Waals surface area contributed by atoms with Gasteiger partial charge in [-0.15, -0.1) is 11.8 Å². The minimum Gasteiger partial charge on any atom is -0.478 e. The lowest BCUT2D eigenvalue weighted by Gasteiger charge is -2.12. The fourth-order valence-corrected chi connectivity index (χ4v) is 5.24. The maximum atomic E-state index is 13.5. The van der Waals surface area contributed by atoms with Crippen LogP contribution in [0.4, 0.5) is 11.4 Å². The number of carboxylic acids is 1. The second-order valence-electron chi connectivity index (χ2n) is 9.49. The molecular formula is C33H25ClN4O5S. The summed E-state index contributed by atoms with van der Waals surface area (Å²) in [6, 6.07) is 27.4. The standard InChI is InChI=1S/C33H25ClN4O5S/c34-27-14-13-23(17-26(27)33(42)43)36-30(39)19-44-24-10-6-9-22(16-24)37-32(41)29(38-31(40)20-7-2-1-3-8-20)15-21-18-35-28-12-5-4-11-25(21)28/h1-18,35H,19H2,(H,36,39)(H,37,41)(H,38,40)(H,42,43)/b29-15-. The SMILES string of the molecule is O=C(CSc1cccc(NC(=O)/C(=C/c2c[nH]c3ccccc23)NC(=O)c2ccccc2)c1)Nc1ccc(Cl)c(C(=O)O)c1. The maximum absolute atomic E-state index is 13.5. The monoisotopic (exact) mass is 624 g/mol. The first-order chi connectivity index (χ1) is 21.3. The van der Waals surface area contributed by atoms with E-state index in [0.29, 0.717) is 21.8 Å². The lowest BCUT2D eigenvalue weighted by Crippen LogP contribution is -2.30. The Bertz CT molecular complexity index is 1910. The number of para-hydroxylation sites is 1. The molecule has 0 bridgehead atoms. The van der Waals surface area contributed by atoms with Gasteiger partial charge in [-0.3, -0.25) is 14.4 Å². The van der Waals surface area contributed by atoms with Gasteiger partial charge < -0.3 is 26.0 Å². The number of fused-ring (bicyclic) bond motifs is 1. The lowest BCUT2D eigenvalue weighted by atomic mass is 10.1. The summed E-state index contributed by atoms with van der Waals surface area (Å²) in [6.45, 7) is 0. The third-order valence-electron chi connectivity index (χ3n) is 6.39. The van der Waals surface area contributed by atoms with Crippen molar-refractivity contribution in [3.05, 3.63) is 131 Å². The fourth-order valence-electron chi connectivity index (χ4n) is 4.29. The first kappa shape index (κ1) is 30.1. The van der Waals surface area contributed by atoms with Crippen molar-refractivity contribution >= 4 is 75.4 Å². The first-order valence-corrected chi connectivity index (χ1v) is 14.6. The number of aromatic carboxylic acids is 1. The smallest absolute Gasteiger partial charge is 0.337 e. The molecule has 9 nitrogen and oxygen atoms in total. The second kappa shape index (κ2) is 13.8. The highest BCUT2D eigenvalue weighted by Gasteiger charge is 2.17. The number of aromatic nitrogens is 1. The van der Waals surface area contributed by atoms with E-state index >= 15 is 0 Å². The molecule has 0 fully saturated rings. The highest BCUT2D eigenvalue weighted by molar-refractivity contribution is 8.00. The van der Waals surface area contributed by atoms with Crippen molar-refractivity contribution in [2.75, 3.05) is 16.4 Å². The zero-order valence-corrected chi connectivity index (χ0v) is 24.5. The number of anilines is 2. The molecule has 5 rings (SSSR count). The predicted molar refractivity (Wildman–Crippen MR) is 173 cm³/mol. The average Bonchev–Trinajstić information content (AvgIpc) is 3.43. The van der Waals surface area contributed by atoms with Gasteiger partial charge in [-0.05, 0) is 60.7 Å². The number of carboxylic acid groups (broad SMARTS) is 1. The molecule has 11 heteroatoms. The number of aromatic amines is 1. The summed E-state index contributed by atoms with van der Waals surface area (Å²) in [7, 11) is 0. The summed E-state index contributed by atoms with van der Waals surface area (Å²) in [6.07, 6.45) is 3.38. The Labute approximate surface area is 261 Å². The second-order valence-corrected chi connectivity index (χ2v) is 10.9. The van der Waals surface area contributed by atoms with Crippen molar-refractivity contribution < 1.29 is 24.3 Å². The Hall–Kier alpha value is -5.32. The van der Waals surface area contributed by atoms with Crippen LogP contribution in [-0.4, -0.2) is 39.5 Å². The molecule has 0 saturated heterocycles. The number of carbonyl (C=O) groups excluding carboxylic acids is 3. The fraction of sp³-hybridized carbons (Fsp3) is 0.0303. The zero-order chi connectivity index (χ0) is 31.1. The van der Waals surface area contributed by atoms with Crippen molar-refractivity contribution in [3.63, 3.8) is 0 Å². The molecule has 44 heavy (non-hydrogen) atoms. The summed E-state index contributed by atoms with van der Waals surface area (Å²) in [5.74, 6) is -2.48. The zero-order valence-electron chi connectivity index (χ0n) is 23.0. The Morgan fingerprint density at radius 1 is 0.841 bits per heavy atom. The van der Waals surface area contributed by atoms with E-state index in [4.69, 9.17) is 11.6 Å². The number of carbonyl (C=O) groups is 4. The number of halogens is 1. The molecule has 3 amide bonds. The van der Waals surface area contributed by atoms with Crippen LogP contribution in [0.2, 0.25) is 5.02 Å². The van der Waals surface area contributed by atoms with E-state index in [2.05, 4.69) is 20.9 Å². The predicted octanol–water partition coefficient (Wildman–Crippen LogP) is 6.66. The summed E-state index contributed by atoms with van der Waals surface area (Å²) in [5, 5.41) is 18.4. The van der Waals surface area contributed by atoms with E-state index in [9.17, 15) is 24.3 Å². The van der Waals surface area contributed by atoms with Gasteiger partial charge in [-0.25, -0.2) is 4.79 Å². The van der Waals surface area contributed by atoms with Gasteiger partial charge in [-0.1, -0.05) is 54.1 Å². The van der Waals surface area contributed by atoms with Gasteiger partial charge in [0.15, 0.2) is 0 Å². The molecule has 220 valence electrons. The molecule has 4 aromatic carbocycles. The highest BCUT2D eigenvalue weighted by atomic mass is 35.5. The van der Waals surface area contributed by atoms with Gasteiger partial charge in [0.2, 0.25) is 5.91 Å². The minimum atomic E-state index is -1.20. The molecule has 0 atom stereocenters. The highest BCUT2D eigenvalue weighted by Crippen LogP contribution is 2.25. The van der Waals surface area contributed by atoms with Crippen LogP contribution in [0.15, 0.2) is 114 Å². The normalized spacial score (nSPS) is 11.2. The largest absolute Gasteiger partial charge is 0.478 e. The molecule has 1 heterocycles. The summed E-state index contributed by atoms with van der Waals surface area (Å²) < 4.78 is 0. The quantitative estimate of drug-likeness (QED) is 0.0869. The molecular weight excluding hydrogens is 600 g/mol. The topological polar surface area (TPSA) is 140 Å². The van der Waals surface area contributed by atoms with Crippen LogP contribution >= 0.6 is 23.4 Å². The molecule has 0 saturated carbocycles. The molecule has 0 unspecified atom stereocenters.